The number of ether oxygens (including phenoxy) is 1. The summed E-state index contributed by atoms with van der Waals surface area (Å²) in [7, 11) is 1.31. The van der Waals surface area contributed by atoms with E-state index in [0.717, 1.165) is 11.8 Å². The van der Waals surface area contributed by atoms with E-state index in [1.54, 1.807) is 18.2 Å². The fraction of sp³-hybridized carbons (Fsp3) is 0.182. The number of carbonyl (C=O) groups excluding carboxylic acids is 1. The van der Waals surface area contributed by atoms with Gasteiger partial charge in [0, 0.05) is 5.02 Å². The number of carbonyl (C=O) groups is 1. The van der Waals surface area contributed by atoms with Crippen molar-refractivity contribution in [3.8, 4) is 0 Å². The Kier molecular flexibility index (Phi) is 4.18. The summed E-state index contributed by atoms with van der Waals surface area (Å²) in [5.41, 5.74) is 1.18. The number of aliphatic hydroxyl groups excluding tert-OH is 1. The molecule has 0 saturated carbocycles. The fourth-order valence-electron chi connectivity index (χ4n) is 1.21. The second kappa shape index (κ2) is 5.41. The van der Waals surface area contributed by atoms with Crippen molar-refractivity contribution in [3.05, 3.63) is 46.7 Å². The molecule has 0 bridgehead atoms. The fourth-order valence-corrected chi connectivity index (χ4v) is 1.38. The normalized spacial score (nSPS) is 10.5. The monoisotopic (exact) mass is 226 g/mol. The molecule has 0 heterocycles. The van der Waals surface area contributed by atoms with Gasteiger partial charge in [0.2, 0.25) is 0 Å². The third-order valence-corrected chi connectivity index (χ3v) is 2.16. The molecule has 1 N–H and O–H groups in total. The van der Waals surface area contributed by atoms with Gasteiger partial charge in [-0.05, 0) is 30.2 Å². The molecule has 80 valence electrons. The summed E-state index contributed by atoms with van der Waals surface area (Å²) in [6, 6.07) is 4.97. The van der Waals surface area contributed by atoms with Crippen LogP contribution in [0.4, 0.5) is 0 Å². The molecule has 0 aromatic heterocycles. The number of rotatable bonds is 3. The summed E-state index contributed by atoms with van der Waals surface area (Å²) in [5, 5.41) is 9.02. The highest BCUT2D eigenvalue weighted by Crippen LogP contribution is 2.17. The van der Waals surface area contributed by atoms with Crippen LogP contribution in [0.5, 0.6) is 0 Å². The van der Waals surface area contributed by atoms with E-state index in [1.165, 1.54) is 13.2 Å². The topological polar surface area (TPSA) is 46.5 Å². The average molecular weight is 227 g/mol. The summed E-state index contributed by atoms with van der Waals surface area (Å²) in [6.45, 7) is 0. The number of methoxy groups -OCH3 is 1. The molecular formula is C11H11ClO3. The molecule has 1 aromatic rings. The molecule has 0 fully saturated rings. The Morgan fingerprint density at radius 2 is 2.33 bits per heavy atom. The van der Waals surface area contributed by atoms with Crippen molar-refractivity contribution in [1.29, 1.82) is 0 Å². The number of allylic oxidation sites excluding steroid dienone is 1. The molecule has 1 rings (SSSR count). The minimum absolute atomic E-state index is 0.420. The average Bonchev–Trinajstić information content (AvgIpc) is 2.26. The Balaban J connectivity index is 3.08. The van der Waals surface area contributed by atoms with E-state index in [2.05, 4.69) is 4.74 Å². The zero-order valence-electron chi connectivity index (χ0n) is 8.24. The van der Waals surface area contributed by atoms with Crippen LogP contribution in [0.15, 0.2) is 30.5 Å². The quantitative estimate of drug-likeness (QED) is 0.637. The molecule has 3 nitrogen and oxygen atoms in total. The van der Waals surface area contributed by atoms with E-state index in [4.69, 9.17) is 16.7 Å². The third-order valence-electron chi connectivity index (χ3n) is 1.92. The zero-order chi connectivity index (χ0) is 11.3. The second-order valence-electron chi connectivity index (χ2n) is 2.88. The number of esters is 1. The number of halogens is 1. The molecule has 0 aliphatic carbocycles. The summed E-state index contributed by atoms with van der Waals surface area (Å²) in [4.78, 5) is 11.4. The lowest BCUT2D eigenvalue weighted by atomic mass is 10.0. The van der Waals surface area contributed by atoms with Crippen LogP contribution in [0.1, 0.15) is 15.9 Å². The van der Waals surface area contributed by atoms with E-state index in [-0.39, 0.29) is 0 Å². The highest BCUT2D eigenvalue weighted by molar-refractivity contribution is 6.31. The highest BCUT2D eigenvalue weighted by atomic mass is 35.5. The lowest BCUT2D eigenvalue weighted by molar-refractivity contribution is 0.0599. The number of aliphatic hydroxyl groups is 1. The van der Waals surface area contributed by atoms with Gasteiger partial charge in [-0.25, -0.2) is 4.79 Å². The Morgan fingerprint density at radius 3 is 2.93 bits per heavy atom. The van der Waals surface area contributed by atoms with E-state index in [0.29, 0.717) is 17.0 Å². The number of hydrogen-bond acceptors (Lipinski definition) is 3. The molecule has 0 spiro atoms. The van der Waals surface area contributed by atoms with Gasteiger partial charge in [0.05, 0.1) is 18.9 Å². The van der Waals surface area contributed by atoms with Gasteiger partial charge >= 0.3 is 5.97 Å². The van der Waals surface area contributed by atoms with Gasteiger partial charge in [-0.15, -0.1) is 0 Å². The van der Waals surface area contributed by atoms with Crippen LogP contribution in [0.25, 0.3) is 0 Å². The maximum absolute atomic E-state index is 11.4. The summed E-state index contributed by atoms with van der Waals surface area (Å²) >= 11 is 5.78. The van der Waals surface area contributed by atoms with Gasteiger partial charge < -0.3 is 9.84 Å². The van der Waals surface area contributed by atoms with Crippen LogP contribution in [-0.2, 0) is 11.2 Å². The molecular weight excluding hydrogens is 216 g/mol. The van der Waals surface area contributed by atoms with E-state index in [1.807, 2.05) is 0 Å². The Morgan fingerprint density at radius 1 is 1.60 bits per heavy atom. The molecule has 0 aliphatic rings. The van der Waals surface area contributed by atoms with Crippen LogP contribution >= 0.6 is 11.6 Å². The molecule has 0 radical (unpaired) electrons. The Bertz CT molecular complexity index is 385. The summed E-state index contributed by atoms with van der Waals surface area (Å²) < 4.78 is 4.63. The van der Waals surface area contributed by atoms with Crippen LogP contribution in [0, 0.1) is 0 Å². The van der Waals surface area contributed by atoms with E-state index < -0.39 is 5.97 Å². The minimum atomic E-state index is -0.432. The third kappa shape index (κ3) is 2.99. The molecule has 0 saturated heterocycles. The first-order chi connectivity index (χ1) is 7.19. The lowest BCUT2D eigenvalue weighted by Gasteiger charge is -2.05. The van der Waals surface area contributed by atoms with Crippen molar-refractivity contribution in [3.63, 3.8) is 0 Å². The van der Waals surface area contributed by atoms with Gasteiger partial charge in [0.15, 0.2) is 0 Å². The van der Waals surface area contributed by atoms with Gasteiger partial charge in [-0.1, -0.05) is 17.7 Å². The minimum Gasteiger partial charge on any atom is -0.516 e. The first-order valence-electron chi connectivity index (χ1n) is 4.35. The smallest absolute Gasteiger partial charge is 0.338 e. The standard InChI is InChI=1S/C11H11ClO3/c1-15-11(14)10-7-9(12)5-4-8(10)3-2-6-13/h2,4-7,13H,3H2,1H3/b6-2-. The summed E-state index contributed by atoms with van der Waals surface area (Å²) in [6.07, 6.45) is 2.93. The van der Waals surface area contributed by atoms with Crippen molar-refractivity contribution in [2.24, 2.45) is 0 Å². The Labute approximate surface area is 92.9 Å². The molecule has 4 heteroatoms. The van der Waals surface area contributed by atoms with Crippen LogP contribution in [0.2, 0.25) is 5.02 Å². The van der Waals surface area contributed by atoms with Crippen LogP contribution in [0.3, 0.4) is 0 Å². The first-order valence-corrected chi connectivity index (χ1v) is 4.72. The number of benzene rings is 1. The van der Waals surface area contributed by atoms with Crippen molar-refractivity contribution in [2.75, 3.05) is 7.11 Å². The largest absolute Gasteiger partial charge is 0.516 e. The molecule has 15 heavy (non-hydrogen) atoms. The van der Waals surface area contributed by atoms with Gasteiger partial charge in [0.1, 0.15) is 0 Å². The molecule has 0 amide bonds. The predicted molar refractivity (Wildman–Crippen MR) is 58.3 cm³/mol. The zero-order valence-corrected chi connectivity index (χ0v) is 8.99. The molecule has 1 aromatic carbocycles. The van der Waals surface area contributed by atoms with E-state index in [9.17, 15) is 4.79 Å². The maximum atomic E-state index is 11.4. The van der Waals surface area contributed by atoms with Crippen molar-refractivity contribution in [2.45, 2.75) is 6.42 Å². The highest BCUT2D eigenvalue weighted by Gasteiger charge is 2.11. The van der Waals surface area contributed by atoms with E-state index >= 15 is 0 Å². The van der Waals surface area contributed by atoms with Gasteiger partial charge in [0.25, 0.3) is 0 Å². The van der Waals surface area contributed by atoms with Crippen molar-refractivity contribution in [1.82, 2.24) is 0 Å². The SMILES string of the molecule is COC(=O)c1cc(Cl)ccc1C/C=C\O. The molecule has 0 atom stereocenters. The van der Waals surface area contributed by atoms with Gasteiger partial charge in [-0.2, -0.15) is 0 Å². The van der Waals surface area contributed by atoms with Gasteiger partial charge in [-0.3, -0.25) is 0 Å². The van der Waals surface area contributed by atoms with Crippen LogP contribution in [-0.4, -0.2) is 18.2 Å². The molecule has 0 aliphatic heterocycles. The first kappa shape index (κ1) is 11.6. The maximum Gasteiger partial charge on any atom is 0.338 e. The van der Waals surface area contributed by atoms with Crippen molar-refractivity contribution >= 4 is 17.6 Å². The molecule has 0 unspecified atom stereocenters. The van der Waals surface area contributed by atoms with Crippen LogP contribution < -0.4 is 0 Å². The predicted octanol–water partition coefficient (Wildman–Crippen LogP) is 2.74. The lowest BCUT2D eigenvalue weighted by Crippen LogP contribution is -2.05. The number of hydrogen-bond donors (Lipinski definition) is 1. The second-order valence-corrected chi connectivity index (χ2v) is 3.32. The summed E-state index contributed by atoms with van der Waals surface area (Å²) in [5.74, 6) is -0.432. The Hall–Kier alpha value is -1.48. The van der Waals surface area contributed by atoms with Crippen molar-refractivity contribution < 1.29 is 14.6 Å².